The number of carbonyl (C=O) groups excluding carboxylic acids is 1. The molecule has 1 aromatic carbocycles. The van der Waals surface area contributed by atoms with E-state index in [1.165, 1.54) is 10.6 Å². The van der Waals surface area contributed by atoms with E-state index in [4.69, 9.17) is 0 Å². The summed E-state index contributed by atoms with van der Waals surface area (Å²) >= 11 is 0. The lowest BCUT2D eigenvalue weighted by atomic mass is 10.2. The first-order valence-electron chi connectivity index (χ1n) is 7.12. The number of nitro groups is 1. The van der Waals surface area contributed by atoms with Gasteiger partial charge in [0, 0.05) is 28.7 Å². The van der Waals surface area contributed by atoms with Gasteiger partial charge in [-0.2, -0.15) is 4.98 Å². The van der Waals surface area contributed by atoms with Gasteiger partial charge in [0.05, 0.1) is 4.92 Å². The van der Waals surface area contributed by atoms with Gasteiger partial charge in [-0.3, -0.25) is 14.9 Å². The van der Waals surface area contributed by atoms with E-state index >= 15 is 0 Å². The minimum Gasteiger partial charge on any atom is -0.319 e. The average Bonchev–Trinajstić information content (AvgIpc) is 2.93. The van der Waals surface area contributed by atoms with Gasteiger partial charge in [0.1, 0.15) is 0 Å². The molecule has 0 unspecified atom stereocenters. The van der Waals surface area contributed by atoms with Crippen molar-refractivity contribution in [3.05, 3.63) is 57.2 Å². The second-order valence-electron chi connectivity index (χ2n) is 5.40. The largest absolute Gasteiger partial charge is 0.319 e. The summed E-state index contributed by atoms with van der Waals surface area (Å²) in [6.45, 7) is 5.29. The van der Waals surface area contributed by atoms with Crippen LogP contribution in [0, 0.1) is 30.9 Å². The summed E-state index contributed by atoms with van der Waals surface area (Å²) in [5.74, 6) is -0.289. The zero-order valence-corrected chi connectivity index (χ0v) is 13.3. The van der Waals surface area contributed by atoms with Crippen molar-refractivity contribution in [1.29, 1.82) is 0 Å². The van der Waals surface area contributed by atoms with Gasteiger partial charge < -0.3 is 5.32 Å². The minimum atomic E-state index is -0.560. The Labute approximate surface area is 136 Å². The predicted molar refractivity (Wildman–Crippen MR) is 86.0 cm³/mol. The zero-order chi connectivity index (χ0) is 17.4. The van der Waals surface area contributed by atoms with Crippen molar-refractivity contribution < 1.29 is 9.72 Å². The Kier molecular flexibility index (Phi) is 3.68. The maximum absolute atomic E-state index is 12.3. The number of carbonyl (C=O) groups is 1. The number of nitro benzene ring substituents is 1. The summed E-state index contributed by atoms with van der Waals surface area (Å²) in [7, 11) is 0. The molecule has 122 valence electrons. The van der Waals surface area contributed by atoms with Crippen LogP contribution >= 0.6 is 0 Å². The summed E-state index contributed by atoms with van der Waals surface area (Å²) in [6, 6.07) is 6.28. The first-order chi connectivity index (χ1) is 11.3. The van der Waals surface area contributed by atoms with E-state index in [1.807, 2.05) is 19.9 Å². The predicted octanol–water partition coefficient (Wildman–Crippen LogP) is 2.21. The Morgan fingerprint density at radius 2 is 1.96 bits per heavy atom. The van der Waals surface area contributed by atoms with E-state index in [-0.39, 0.29) is 11.5 Å². The number of fused-ring (bicyclic) bond motifs is 1. The van der Waals surface area contributed by atoms with Crippen LogP contribution in [-0.2, 0) is 0 Å². The lowest BCUT2D eigenvalue weighted by Gasteiger charge is -2.03. The molecular weight excluding hydrogens is 312 g/mol. The van der Waals surface area contributed by atoms with E-state index in [2.05, 4.69) is 20.4 Å². The van der Waals surface area contributed by atoms with E-state index in [0.717, 1.165) is 11.4 Å². The van der Waals surface area contributed by atoms with Gasteiger partial charge in [-0.1, -0.05) is 6.07 Å². The van der Waals surface area contributed by atoms with Crippen molar-refractivity contribution in [3.63, 3.8) is 0 Å². The Bertz CT molecular complexity index is 979. The molecular formula is C15H14N6O3. The summed E-state index contributed by atoms with van der Waals surface area (Å²) < 4.78 is 1.47. The number of aromatic nitrogens is 4. The molecule has 0 aliphatic rings. The molecule has 0 spiro atoms. The molecule has 3 aromatic rings. The molecule has 0 saturated carbocycles. The van der Waals surface area contributed by atoms with Crippen LogP contribution in [-0.4, -0.2) is 30.4 Å². The van der Waals surface area contributed by atoms with E-state index < -0.39 is 10.8 Å². The standard InChI is InChI=1S/C15H14N6O3/c1-8-4-5-11(7-12(8)21(23)24)17-14(22)13-18-15-16-9(2)6-10(3)20(15)19-13/h4-7H,1-3H3,(H,17,22). The van der Waals surface area contributed by atoms with Crippen molar-refractivity contribution >= 4 is 23.1 Å². The van der Waals surface area contributed by atoms with Gasteiger partial charge in [-0.25, -0.2) is 9.50 Å². The highest BCUT2D eigenvalue weighted by Gasteiger charge is 2.17. The third kappa shape index (κ3) is 2.78. The van der Waals surface area contributed by atoms with E-state index in [0.29, 0.717) is 17.0 Å². The van der Waals surface area contributed by atoms with Crippen LogP contribution in [0.4, 0.5) is 11.4 Å². The van der Waals surface area contributed by atoms with Crippen LogP contribution < -0.4 is 5.32 Å². The fraction of sp³-hybridized carbons (Fsp3) is 0.200. The maximum atomic E-state index is 12.3. The highest BCUT2D eigenvalue weighted by Crippen LogP contribution is 2.22. The number of amides is 1. The lowest BCUT2D eigenvalue weighted by Crippen LogP contribution is -2.14. The summed E-state index contributed by atoms with van der Waals surface area (Å²) in [4.78, 5) is 31.1. The fourth-order valence-electron chi connectivity index (χ4n) is 2.33. The molecule has 0 fully saturated rings. The second kappa shape index (κ2) is 5.69. The van der Waals surface area contributed by atoms with Gasteiger partial charge in [0.15, 0.2) is 0 Å². The van der Waals surface area contributed by atoms with Gasteiger partial charge in [0.2, 0.25) is 5.82 Å². The molecule has 1 amide bonds. The monoisotopic (exact) mass is 326 g/mol. The molecule has 2 aromatic heterocycles. The topological polar surface area (TPSA) is 115 Å². The molecule has 0 bridgehead atoms. The number of rotatable bonds is 3. The Balaban J connectivity index is 1.92. The third-order valence-electron chi connectivity index (χ3n) is 3.49. The quantitative estimate of drug-likeness (QED) is 0.583. The molecule has 24 heavy (non-hydrogen) atoms. The van der Waals surface area contributed by atoms with Gasteiger partial charge in [-0.15, -0.1) is 5.10 Å². The van der Waals surface area contributed by atoms with Crippen LogP contribution in [0.2, 0.25) is 0 Å². The van der Waals surface area contributed by atoms with Crippen molar-refractivity contribution in [1.82, 2.24) is 19.6 Å². The van der Waals surface area contributed by atoms with Crippen molar-refractivity contribution in [2.24, 2.45) is 0 Å². The molecule has 1 N–H and O–H groups in total. The Morgan fingerprint density at radius 3 is 2.67 bits per heavy atom. The number of hydrogen-bond acceptors (Lipinski definition) is 6. The van der Waals surface area contributed by atoms with Gasteiger partial charge >= 0.3 is 0 Å². The molecule has 0 saturated heterocycles. The zero-order valence-electron chi connectivity index (χ0n) is 13.3. The smallest absolute Gasteiger partial charge is 0.295 e. The number of nitrogens with one attached hydrogen (secondary N) is 1. The van der Waals surface area contributed by atoms with Crippen LogP contribution in [0.25, 0.3) is 5.78 Å². The van der Waals surface area contributed by atoms with Crippen LogP contribution in [0.1, 0.15) is 27.6 Å². The molecule has 9 heteroatoms. The molecule has 0 atom stereocenters. The van der Waals surface area contributed by atoms with E-state index in [1.54, 1.807) is 19.1 Å². The molecule has 0 aliphatic heterocycles. The molecule has 9 nitrogen and oxygen atoms in total. The van der Waals surface area contributed by atoms with Gasteiger partial charge in [0.25, 0.3) is 17.4 Å². The van der Waals surface area contributed by atoms with Gasteiger partial charge in [-0.05, 0) is 32.9 Å². The van der Waals surface area contributed by atoms with Crippen LogP contribution in [0.3, 0.4) is 0 Å². The number of aryl methyl sites for hydroxylation is 3. The first kappa shape index (κ1) is 15.5. The summed E-state index contributed by atoms with van der Waals surface area (Å²) in [5.41, 5.74) is 2.32. The number of benzene rings is 1. The van der Waals surface area contributed by atoms with Crippen molar-refractivity contribution in [2.45, 2.75) is 20.8 Å². The lowest BCUT2D eigenvalue weighted by molar-refractivity contribution is -0.385. The highest BCUT2D eigenvalue weighted by molar-refractivity contribution is 6.02. The number of hydrogen-bond donors (Lipinski definition) is 1. The SMILES string of the molecule is Cc1cc(C)n2nc(C(=O)Nc3ccc(C)c([N+](=O)[O-])c3)nc2n1. The van der Waals surface area contributed by atoms with Crippen LogP contribution in [0.15, 0.2) is 24.3 Å². The second-order valence-corrected chi connectivity index (χ2v) is 5.40. The Hall–Kier alpha value is -3.36. The Morgan fingerprint density at radius 1 is 1.21 bits per heavy atom. The van der Waals surface area contributed by atoms with Crippen LogP contribution in [0.5, 0.6) is 0 Å². The maximum Gasteiger partial charge on any atom is 0.295 e. The fourth-order valence-corrected chi connectivity index (χ4v) is 2.33. The van der Waals surface area contributed by atoms with Crippen molar-refractivity contribution in [3.8, 4) is 0 Å². The summed E-state index contributed by atoms with van der Waals surface area (Å²) in [6.07, 6.45) is 0. The molecule has 2 heterocycles. The normalized spacial score (nSPS) is 10.8. The third-order valence-corrected chi connectivity index (χ3v) is 3.49. The number of nitrogens with zero attached hydrogens (tertiary/aromatic N) is 5. The minimum absolute atomic E-state index is 0.0561. The molecule has 0 radical (unpaired) electrons. The van der Waals surface area contributed by atoms with Crippen molar-refractivity contribution in [2.75, 3.05) is 5.32 Å². The highest BCUT2D eigenvalue weighted by atomic mass is 16.6. The first-order valence-corrected chi connectivity index (χ1v) is 7.12. The number of anilines is 1. The molecule has 3 rings (SSSR count). The van der Waals surface area contributed by atoms with E-state index in [9.17, 15) is 14.9 Å². The molecule has 0 aliphatic carbocycles. The average molecular weight is 326 g/mol. The summed E-state index contributed by atoms with van der Waals surface area (Å²) in [5, 5.41) is 17.7.